The van der Waals surface area contributed by atoms with Crippen LogP contribution in [0.4, 0.5) is 0 Å². The highest BCUT2D eigenvalue weighted by molar-refractivity contribution is 9.10. The molecule has 1 aromatic carbocycles. The third kappa shape index (κ3) is 4.71. The fourth-order valence-corrected chi connectivity index (χ4v) is 2.84. The number of ether oxygens (including phenoxy) is 1. The predicted octanol–water partition coefficient (Wildman–Crippen LogP) is 3.46. The lowest BCUT2D eigenvalue weighted by atomic mass is 10.1. The SMILES string of the molecule is CN(CCOCC1CC1)C(CN)c1cc(Br)ccc1Cl. The molecule has 3 nitrogen and oxygen atoms in total. The number of benzene rings is 1. The van der Waals surface area contributed by atoms with Crippen LogP contribution in [0.2, 0.25) is 5.02 Å². The lowest BCUT2D eigenvalue weighted by Crippen LogP contribution is -2.33. The van der Waals surface area contributed by atoms with E-state index in [9.17, 15) is 0 Å². The first-order chi connectivity index (χ1) is 9.61. The van der Waals surface area contributed by atoms with Gasteiger partial charge < -0.3 is 10.5 Å². The molecule has 20 heavy (non-hydrogen) atoms. The topological polar surface area (TPSA) is 38.5 Å². The normalized spacial score (nSPS) is 16.6. The van der Waals surface area contributed by atoms with Gasteiger partial charge in [-0.15, -0.1) is 0 Å². The smallest absolute Gasteiger partial charge is 0.0593 e. The third-order valence-electron chi connectivity index (χ3n) is 3.71. The first-order valence-electron chi connectivity index (χ1n) is 7.04. The van der Waals surface area contributed by atoms with E-state index in [4.69, 9.17) is 22.1 Å². The Bertz CT molecular complexity index is 440. The van der Waals surface area contributed by atoms with E-state index in [1.54, 1.807) is 0 Å². The maximum Gasteiger partial charge on any atom is 0.0593 e. The van der Waals surface area contributed by atoms with Gasteiger partial charge in [0.1, 0.15) is 0 Å². The molecule has 1 saturated carbocycles. The van der Waals surface area contributed by atoms with Crippen molar-refractivity contribution < 1.29 is 4.74 Å². The summed E-state index contributed by atoms with van der Waals surface area (Å²) in [5, 5.41) is 0.759. The second kappa shape index (κ2) is 7.76. The number of nitrogens with zero attached hydrogens (tertiary/aromatic N) is 1. The Morgan fingerprint density at radius 1 is 1.50 bits per heavy atom. The molecule has 112 valence electrons. The summed E-state index contributed by atoms with van der Waals surface area (Å²) in [5.41, 5.74) is 6.99. The summed E-state index contributed by atoms with van der Waals surface area (Å²) in [7, 11) is 2.06. The molecule has 0 aliphatic heterocycles. The molecule has 0 heterocycles. The average molecular weight is 362 g/mol. The summed E-state index contributed by atoms with van der Waals surface area (Å²) in [5.74, 6) is 0.810. The maximum atomic E-state index is 6.29. The van der Waals surface area contributed by atoms with Crippen molar-refractivity contribution in [1.82, 2.24) is 4.90 Å². The molecule has 0 bridgehead atoms. The second-order valence-corrected chi connectivity index (χ2v) is 6.74. The number of nitrogens with two attached hydrogens (primary N) is 1. The highest BCUT2D eigenvalue weighted by atomic mass is 79.9. The van der Waals surface area contributed by atoms with Crippen LogP contribution in [0.5, 0.6) is 0 Å². The summed E-state index contributed by atoms with van der Waals surface area (Å²) < 4.78 is 6.71. The number of hydrogen-bond donors (Lipinski definition) is 1. The molecule has 1 unspecified atom stereocenters. The van der Waals surface area contributed by atoms with Crippen molar-refractivity contribution in [3.8, 4) is 0 Å². The summed E-state index contributed by atoms with van der Waals surface area (Å²) in [4.78, 5) is 2.21. The minimum atomic E-state index is 0.115. The summed E-state index contributed by atoms with van der Waals surface area (Å²) in [6, 6.07) is 6.00. The number of halogens is 2. The molecule has 0 radical (unpaired) electrons. The van der Waals surface area contributed by atoms with Crippen molar-refractivity contribution in [3.63, 3.8) is 0 Å². The first kappa shape index (κ1) is 16.2. The van der Waals surface area contributed by atoms with Crippen LogP contribution in [0, 0.1) is 5.92 Å². The van der Waals surface area contributed by atoms with Gasteiger partial charge in [-0.25, -0.2) is 0 Å². The molecular formula is C15H22BrClN2O. The van der Waals surface area contributed by atoms with E-state index < -0.39 is 0 Å². The largest absolute Gasteiger partial charge is 0.380 e. The Balaban J connectivity index is 1.89. The monoisotopic (exact) mass is 360 g/mol. The van der Waals surface area contributed by atoms with Crippen LogP contribution in [0.1, 0.15) is 24.4 Å². The van der Waals surface area contributed by atoms with E-state index >= 15 is 0 Å². The van der Waals surface area contributed by atoms with Gasteiger partial charge in [0.25, 0.3) is 0 Å². The third-order valence-corrected chi connectivity index (χ3v) is 4.55. The zero-order valence-electron chi connectivity index (χ0n) is 11.8. The van der Waals surface area contributed by atoms with Crippen LogP contribution in [-0.4, -0.2) is 38.3 Å². The number of rotatable bonds is 8. The van der Waals surface area contributed by atoms with Gasteiger partial charge in [-0.05, 0) is 49.6 Å². The Kier molecular flexibility index (Phi) is 6.30. The summed E-state index contributed by atoms with van der Waals surface area (Å²) >= 11 is 9.78. The van der Waals surface area contributed by atoms with Gasteiger partial charge in [0, 0.05) is 35.2 Å². The molecule has 0 spiro atoms. The average Bonchev–Trinajstić information content (AvgIpc) is 3.24. The fourth-order valence-electron chi connectivity index (χ4n) is 2.21. The Morgan fingerprint density at radius 2 is 2.25 bits per heavy atom. The molecule has 0 aromatic heterocycles. The fraction of sp³-hybridized carbons (Fsp3) is 0.600. The van der Waals surface area contributed by atoms with Gasteiger partial charge in [0.05, 0.1) is 6.61 Å². The van der Waals surface area contributed by atoms with E-state index in [1.807, 2.05) is 18.2 Å². The molecule has 5 heteroatoms. The quantitative estimate of drug-likeness (QED) is 0.721. The van der Waals surface area contributed by atoms with Crippen LogP contribution >= 0.6 is 27.5 Å². The highest BCUT2D eigenvalue weighted by Gasteiger charge is 2.22. The van der Waals surface area contributed by atoms with E-state index in [0.29, 0.717) is 6.54 Å². The van der Waals surface area contributed by atoms with Crippen molar-refractivity contribution in [3.05, 3.63) is 33.3 Å². The standard InChI is InChI=1S/C15H22BrClN2O/c1-19(6-7-20-10-11-2-3-11)15(9-18)13-8-12(16)4-5-14(13)17/h4-5,8,11,15H,2-3,6-7,9-10,18H2,1H3. The minimum absolute atomic E-state index is 0.115. The van der Waals surface area contributed by atoms with Crippen LogP contribution < -0.4 is 5.73 Å². The van der Waals surface area contributed by atoms with E-state index in [2.05, 4.69) is 27.9 Å². The highest BCUT2D eigenvalue weighted by Crippen LogP contribution is 2.30. The van der Waals surface area contributed by atoms with Crippen molar-refractivity contribution in [1.29, 1.82) is 0 Å². The Morgan fingerprint density at radius 3 is 2.90 bits per heavy atom. The lowest BCUT2D eigenvalue weighted by Gasteiger charge is -2.28. The molecule has 1 fully saturated rings. The van der Waals surface area contributed by atoms with Gasteiger partial charge in [-0.1, -0.05) is 27.5 Å². The van der Waals surface area contributed by atoms with Crippen molar-refractivity contribution >= 4 is 27.5 Å². The van der Waals surface area contributed by atoms with Gasteiger partial charge >= 0.3 is 0 Å². The van der Waals surface area contributed by atoms with Crippen molar-refractivity contribution in [2.75, 3.05) is 33.4 Å². The van der Waals surface area contributed by atoms with Crippen LogP contribution in [0.25, 0.3) is 0 Å². The molecule has 1 aliphatic carbocycles. The molecule has 2 N–H and O–H groups in total. The molecule has 2 rings (SSSR count). The van der Waals surface area contributed by atoms with Crippen LogP contribution in [0.3, 0.4) is 0 Å². The molecule has 0 saturated heterocycles. The number of likely N-dealkylation sites (N-methyl/N-ethyl adjacent to an activating group) is 1. The summed E-state index contributed by atoms with van der Waals surface area (Å²) in [6.07, 6.45) is 2.66. The van der Waals surface area contributed by atoms with Gasteiger partial charge in [-0.3, -0.25) is 4.90 Å². The molecule has 1 aromatic rings. The van der Waals surface area contributed by atoms with Crippen LogP contribution in [0.15, 0.2) is 22.7 Å². The zero-order chi connectivity index (χ0) is 14.5. The molecule has 1 aliphatic rings. The van der Waals surface area contributed by atoms with E-state index in [0.717, 1.165) is 40.7 Å². The minimum Gasteiger partial charge on any atom is -0.380 e. The zero-order valence-corrected chi connectivity index (χ0v) is 14.2. The van der Waals surface area contributed by atoms with E-state index in [1.165, 1.54) is 12.8 Å². The molecule has 0 amide bonds. The molecule has 1 atom stereocenters. The Labute approximate surface area is 134 Å². The maximum absolute atomic E-state index is 6.29. The Hall–Kier alpha value is -0.130. The van der Waals surface area contributed by atoms with E-state index in [-0.39, 0.29) is 6.04 Å². The van der Waals surface area contributed by atoms with Crippen molar-refractivity contribution in [2.45, 2.75) is 18.9 Å². The predicted molar refractivity (Wildman–Crippen MR) is 87.1 cm³/mol. The number of hydrogen-bond acceptors (Lipinski definition) is 3. The first-order valence-corrected chi connectivity index (χ1v) is 8.22. The van der Waals surface area contributed by atoms with Gasteiger partial charge in [0.2, 0.25) is 0 Å². The molecular weight excluding hydrogens is 340 g/mol. The van der Waals surface area contributed by atoms with Gasteiger partial charge in [-0.2, -0.15) is 0 Å². The van der Waals surface area contributed by atoms with Crippen LogP contribution in [-0.2, 0) is 4.74 Å². The van der Waals surface area contributed by atoms with Gasteiger partial charge in [0.15, 0.2) is 0 Å². The second-order valence-electron chi connectivity index (χ2n) is 5.42. The van der Waals surface area contributed by atoms with Crippen molar-refractivity contribution in [2.24, 2.45) is 11.7 Å². The summed E-state index contributed by atoms with van der Waals surface area (Å²) in [6.45, 7) is 3.04. The lowest BCUT2D eigenvalue weighted by molar-refractivity contribution is 0.0923.